The maximum Gasteiger partial charge on any atom is 0.251 e. The SMILES string of the molecule is C=Cc1cccc2cc(C(=O)NCC)ccc12. The molecule has 1 N–H and O–H groups in total. The van der Waals surface area contributed by atoms with E-state index in [1.807, 2.05) is 49.4 Å². The summed E-state index contributed by atoms with van der Waals surface area (Å²) in [4.78, 5) is 11.7. The van der Waals surface area contributed by atoms with E-state index < -0.39 is 0 Å². The minimum atomic E-state index is -0.0293. The van der Waals surface area contributed by atoms with Crippen molar-refractivity contribution in [3.63, 3.8) is 0 Å². The average Bonchev–Trinajstić information content (AvgIpc) is 2.37. The Kier molecular flexibility index (Phi) is 3.24. The van der Waals surface area contributed by atoms with E-state index in [1.165, 1.54) is 0 Å². The van der Waals surface area contributed by atoms with Crippen LogP contribution in [0, 0.1) is 0 Å². The predicted molar refractivity (Wildman–Crippen MR) is 72.0 cm³/mol. The molecule has 0 atom stereocenters. The minimum Gasteiger partial charge on any atom is -0.352 e. The van der Waals surface area contributed by atoms with E-state index in [0.29, 0.717) is 12.1 Å². The summed E-state index contributed by atoms with van der Waals surface area (Å²) in [5.74, 6) is -0.0293. The molecule has 0 saturated carbocycles. The van der Waals surface area contributed by atoms with Crippen LogP contribution in [-0.4, -0.2) is 12.5 Å². The Hall–Kier alpha value is -2.09. The third kappa shape index (κ3) is 2.21. The molecule has 0 radical (unpaired) electrons. The summed E-state index contributed by atoms with van der Waals surface area (Å²) in [6, 6.07) is 11.7. The number of nitrogens with one attached hydrogen (secondary N) is 1. The van der Waals surface area contributed by atoms with Crippen LogP contribution in [0.3, 0.4) is 0 Å². The first-order valence-corrected chi connectivity index (χ1v) is 5.69. The maximum atomic E-state index is 11.7. The van der Waals surface area contributed by atoms with Gasteiger partial charge in [-0.15, -0.1) is 0 Å². The van der Waals surface area contributed by atoms with Crippen LogP contribution < -0.4 is 5.32 Å². The van der Waals surface area contributed by atoms with E-state index >= 15 is 0 Å². The molecule has 86 valence electrons. The summed E-state index contributed by atoms with van der Waals surface area (Å²) in [5, 5.41) is 4.98. The van der Waals surface area contributed by atoms with Crippen LogP contribution in [0.25, 0.3) is 16.8 Å². The molecule has 0 spiro atoms. The van der Waals surface area contributed by atoms with Gasteiger partial charge in [-0.3, -0.25) is 4.79 Å². The number of hydrogen-bond acceptors (Lipinski definition) is 1. The van der Waals surface area contributed by atoms with Gasteiger partial charge in [0.05, 0.1) is 0 Å². The molecule has 2 heteroatoms. The molecular formula is C15H15NO. The fraction of sp³-hybridized carbons (Fsp3) is 0.133. The smallest absolute Gasteiger partial charge is 0.251 e. The van der Waals surface area contributed by atoms with Crippen molar-refractivity contribution in [1.82, 2.24) is 5.32 Å². The van der Waals surface area contributed by atoms with Crippen molar-refractivity contribution in [3.05, 3.63) is 54.1 Å². The van der Waals surface area contributed by atoms with Crippen molar-refractivity contribution in [2.45, 2.75) is 6.92 Å². The van der Waals surface area contributed by atoms with Crippen molar-refractivity contribution in [1.29, 1.82) is 0 Å². The van der Waals surface area contributed by atoms with E-state index in [4.69, 9.17) is 0 Å². The largest absolute Gasteiger partial charge is 0.352 e. The van der Waals surface area contributed by atoms with Crippen LogP contribution in [0.4, 0.5) is 0 Å². The van der Waals surface area contributed by atoms with Gasteiger partial charge >= 0.3 is 0 Å². The summed E-state index contributed by atoms with van der Waals surface area (Å²) >= 11 is 0. The van der Waals surface area contributed by atoms with Gasteiger partial charge in [0.15, 0.2) is 0 Å². The predicted octanol–water partition coefficient (Wildman–Crippen LogP) is 3.23. The lowest BCUT2D eigenvalue weighted by Crippen LogP contribution is -2.22. The van der Waals surface area contributed by atoms with Crippen LogP contribution >= 0.6 is 0 Å². The van der Waals surface area contributed by atoms with E-state index in [-0.39, 0.29) is 5.91 Å². The second-order valence-electron chi connectivity index (χ2n) is 3.85. The Labute approximate surface area is 101 Å². The lowest BCUT2D eigenvalue weighted by atomic mass is 10.0. The second-order valence-corrected chi connectivity index (χ2v) is 3.85. The lowest BCUT2D eigenvalue weighted by Gasteiger charge is -2.06. The quantitative estimate of drug-likeness (QED) is 0.853. The van der Waals surface area contributed by atoms with Crippen LogP contribution in [-0.2, 0) is 0 Å². The highest BCUT2D eigenvalue weighted by Crippen LogP contribution is 2.21. The zero-order valence-corrected chi connectivity index (χ0v) is 9.86. The number of amides is 1. The Bertz CT molecular complexity index is 572. The Morgan fingerprint density at radius 3 is 2.88 bits per heavy atom. The number of carbonyl (C=O) groups excluding carboxylic acids is 1. The van der Waals surface area contributed by atoms with Crippen molar-refractivity contribution in [3.8, 4) is 0 Å². The Morgan fingerprint density at radius 1 is 1.35 bits per heavy atom. The molecular weight excluding hydrogens is 210 g/mol. The van der Waals surface area contributed by atoms with E-state index in [0.717, 1.165) is 16.3 Å². The van der Waals surface area contributed by atoms with E-state index in [2.05, 4.69) is 11.9 Å². The number of rotatable bonds is 3. The first-order valence-electron chi connectivity index (χ1n) is 5.69. The third-order valence-electron chi connectivity index (χ3n) is 2.73. The van der Waals surface area contributed by atoms with Gasteiger partial charge in [0.25, 0.3) is 5.91 Å². The zero-order valence-electron chi connectivity index (χ0n) is 9.86. The molecule has 0 aliphatic carbocycles. The van der Waals surface area contributed by atoms with Gasteiger partial charge < -0.3 is 5.32 Å². The van der Waals surface area contributed by atoms with Gasteiger partial charge in [-0.05, 0) is 35.4 Å². The molecule has 0 unspecified atom stereocenters. The van der Waals surface area contributed by atoms with Crippen LogP contribution in [0.15, 0.2) is 43.0 Å². The topological polar surface area (TPSA) is 29.1 Å². The fourth-order valence-corrected chi connectivity index (χ4v) is 1.89. The van der Waals surface area contributed by atoms with E-state index in [9.17, 15) is 4.79 Å². The molecule has 0 heterocycles. The van der Waals surface area contributed by atoms with Crippen molar-refractivity contribution in [2.75, 3.05) is 6.54 Å². The molecule has 0 bridgehead atoms. The van der Waals surface area contributed by atoms with Crippen LogP contribution in [0.5, 0.6) is 0 Å². The fourth-order valence-electron chi connectivity index (χ4n) is 1.89. The van der Waals surface area contributed by atoms with Gasteiger partial charge in [0.1, 0.15) is 0 Å². The Balaban J connectivity index is 2.51. The molecule has 0 aliphatic heterocycles. The van der Waals surface area contributed by atoms with Crippen LogP contribution in [0.1, 0.15) is 22.8 Å². The van der Waals surface area contributed by atoms with Gasteiger partial charge in [-0.25, -0.2) is 0 Å². The van der Waals surface area contributed by atoms with E-state index in [1.54, 1.807) is 0 Å². The molecule has 0 aliphatic rings. The monoisotopic (exact) mass is 225 g/mol. The standard InChI is InChI=1S/C15H15NO/c1-3-11-6-5-7-12-10-13(8-9-14(11)12)15(17)16-4-2/h3,5-10H,1,4H2,2H3,(H,16,17). The molecule has 2 rings (SSSR count). The molecule has 1 amide bonds. The Morgan fingerprint density at radius 2 is 2.18 bits per heavy atom. The zero-order chi connectivity index (χ0) is 12.3. The first-order chi connectivity index (χ1) is 8.26. The summed E-state index contributed by atoms with van der Waals surface area (Å²) < 4.78 is 0. The van der Waals surface area contributed by atoms with Gasteiger partial charge in [0, 0.05) is 12.1 Å². The van der Waals surface area contributed by atoms with Gasteiger partial charge in [0.2, 0.25) is 0 Å². The molecule has 2 aromatic rings. The summed E-state index contributed by atoms with van der Waals surface area (Å²) in [6.07, 6.45) is 1.83. The van der Waals surface area contributed by atoms with Gasteiger partial charge in [-0.1, -0.05) is 36.9 Å². The second kappa shape index (κ2) is 4.83. The van der Waals surface area contributed by atoms with Crippen LogP contribution in [0.2, 0.25) is 0 Å². The summed E-state index contributed by atoms with van der Waals surface area (Å²) in [6.45, 7) is 6.34. The van der Waals surface area contributed by atoms with Crippen molar-refractivity contribution >= 4 is 22.8 Å². The number of fused-ring (bicyclic) bond motifs is 1. The highest BCUT2D eigenvalue weighted by molar-refractivity contribution is 6.00. The lowest BCUT2D eigenvalue weighted by molar-refractivity contribution is 0.0956. The summed E-state index contributed by atoms with van der Waals surface area (Å²) in [7, 11) is 0. The number of benzene rings is 2. The molecule has 0 aromatic heterocycles. The third-order valence-corrected chi connectivity index (χ3v) is 2.73. The highest BCUT2D eigenvalue weighted by atomic mass is 16.1. The first kappa shape index (κ1) is 11.4. The number of hydrogen-bond donors (Lipinski definition) is 1. The molecule has 2 aromatic carbocycles. The van der Waals surface area contributed by atoms with Gasteiger partial charge in [-0.2, -0.15) is 0 Å². The van der Waals surface area contributed by atoms with Crippen molar-refractivity contribution in [2.24, 2.45) is 0 Å². The highest BCUT2D eigenvalue weighted by Gasteiger charge is 2.05. The minimum absolute atomic E-state index is 0.0293. The maximum absolute atomic E-state index is 11.7. The number of carbonyl (C=O) groups is 1. The molecule has 0 saturated heterocycles. The summed E-state index contributed by atoms with van der Waals surface area (Å²) in [5.41, 5.74) is 1.78. The van der Waals surface area contributed by atoms with Crippen molar-refractivity contribution < 1.29 is 4.79 Å². The average molecular weight is 225 g/mol. The molecule has 0 fully saturated rings. The molecule has 17 heavy (non-hydrogen) atoms. The molecule has 2 nitrogen and oxygen atoms in total. The normalized spacial score (nSPS) is 10.2.